The maximum Gasteiger partial charge on any atom is 0.248 e. The van der Waals surface area contributed by atoms with E-state index in [2.05, 4.69) is 10.2 Å². The van der Waals surface area contributed by atoms with Gasteiger partial charge in [-0.2, -0.15) is 0 Å². The SMILES string of the molecule is Cc1cccc(C)c1NC(=O)/C=C\CN1C/C(=C/c2ccccc2)C(=O)/C(=C/c2ccccc2)C1. The van der Waals surface area contributed by atoms with Crippen LogP contribution in [0.2, 0.25) is 0 Å². The van der Waals surface area contributed by atoms with Crippen molar-refractivity contribution in [3.8, 4) is 0 Å². The highest BCUT2D eigenvalue weighted by Gasteiger charge is 2.25. The standard InChI is InChI=1S/C31H30N2O2/c1-23-11-9-12-24(2)30(23)32-29(34)17-10-18-33-21-27(19-25-13-5-3-6-14-25)31(35)28(22-33)20-26-15-7-4-8-16-26/h3-17,19-20H,18,21-22H2,1-2H3,(H,32,34)/b17-10-,27-19-,28-20+. The Morgan fingerprint density at radius 2 is 1.31 bits per heavy atom. The Kier molecular flexibility index (Phi) is 7.86. The highest BCUT2D eigenvalue weighted by Crippen LogP contribution is 2.22. The smallest absolute Gasteiger partial charge is 0.248 e. The van der Waals surface area contributed by atoms with Crippen LogP contribution >= 0.6 is 0 Å². The topological polar surface area (TPSA) is 49.4 Å². The highest BCUT2D eigenvalue weighted by molar-refractivity contribution is 6.14. The summed E-state index contributed by atoms with van der Waals surface area (Å²) in [6.45, 7) is 5.59. The van der Waals surface area contributed by atoms with Crippen molar-refractivity contribution in [2.75, 3.05) is 25.0 Å². The van der Waals surface area contributed by atoms with Crippen LogP contribution in [-0.4, -0.2) is 36.2 Å². The van der Waals surface area contributed by atoms with Crippen molar-refractivity contribution < 1.29 is 9.59 Å². The quantitative estimate of drug-likeness (QED) is 0.468. The van der Waals surface area contributed by atoms with Crippen molar-refractivity contribution in [2.24, 2.45) is 0 Å². The van der Waals surface area contributed by atoms with Gasteiger partial charge in [0.15, 0.2) is 5.78 Å². The zero-order valence-corrected chi connectivity index (χ0v) is 20.2. The third-order valence-corrected chi connectivity index (χ3v) is 6.01. The van der Waals surface area contributed by atoms with Gasteiger partial charge < -0.3 is 5.32 Å². The number of anilines is 1. The van der Waals surface area contributed by atoms with Gasteiger partial charge in [0.25, 0.3) is 0 Å². The maximum absolute atomic E-state index is 13.3. The first-order chi connectivity index (χ1) is 17.0. The Morgan fingerprint density at radius 1 is 0.800 bits per heavy atom. The summed E-state index contributed by atoms with van der Waals surface area (Å²) in [5.74, 6) is -0.0821. The van der Waals surface area contributed by atoms with Crippen LogP contribution < -0.4 is 5.32 Å². The maximum atomic E-state index is 13.3. The Balaban J connectivity index is 1.51. The summed E-state index contributed by atoms with van der Waals surface area (Å²) >= 11 is 0. The van der Waals surface area contributed by atoms with Gasteiger partial charge in [0.2, 0.25) is 5.91 Å². The zero-order chi connectivity index (χ0) is 24.6. The number of likely N-dealkylation sites (tertiary alicyclic amines) is 1. The molecule has 0 aliphatic carbocycles. The summed E-state index contributed by atoms with van der Waals surface area (Å²) in [7, 11) is 0. The van der Waals surface area contributed by atoms with Gasteiger partial charge in [-0.1, -0.05) is 84.9 Å². The van der Waals surface area contributed by atoms with Gasteiger partial charge in [-0.15, -0.1) is 0 Å². The number of ketones is 1. The van der Waals surface area contributed by atoms with Crippen LogP contribution in [0.1, 0.15) is 22.3 Å². The van der Waals surface area contributed by atoms with Gasteiger partial charge in [0, 0.05) is 42.5 Å². The number of hydrogen-bond acceptors (Lipinski definition) is 3. The van der Waals surface area contributed by atoms with E-state index in [-0.39, 0.29) is 11.7 Å². The fraction of sp³-hybridized carbons (Fsp3) is 0.161. The van der Waals surface area contributed by atoms with E-state index in [1.807, 2.05) is 111 Å². The van der Waals surface area contributed by atoms with Crippen LogP contribution in [0.15, 0.2) is 102 Å². The molecule has 1 fully saturated rings. The minimum atomic E-state index is -0.157. The van der Waals surface area contributed by atoms with Crippen molar-refractivity contribution in [3.05, 3.63) is 124 Å². The second-order valence-corrected chi connectivity index (χ2v) is 8.82. The molecule has 0 radical (unpaired) electrons. The minimum absolute atomic E-state index is 0.0747. The number of Topliss-reactive ketones (excluding diaryl/α,β-unsaturated/α-hetero) is 1. The van der Waals surface area contributed by atoms with Crippen molar-refractivity contribution in [1.29, 1.82) is 0 Å². The normalized spacial score (nSPS) is 16.8. The van der Waals surface area contributed by atoms with Crippen LogP contribution in [0.25, 0.3) is 12.2 Å². The Bertz CT molecular complexity index is 1210. The summed E-state index contributed by atoms with van der Waals surface area (Å²) in [5, 5.41) is 2.99. The fourth-order valence-corrected chi connectivity index (χ4v) is 4.23. The van der Waals surface area contributed by atoms with E-state index in [9.17, 15) is 9.59 Å². The number of amides is 1. The van der Waals surface area contributed by atoms with E-state index in [1.54, 1.807) is 6.08 Å². The van der Waals surface area contributed by atoms with Crippen LogP contribution in [0.4, 0.5) is 5.69 Å². The molecule has 0 atom stereocenters. The van der Waals surface area contributed by atoms with Crippen molar-refractivity contribution in [2.45, 2.75) is 13.8 Å². The van der Waals surface area contributed by atoms with Crippen LogP contribution in [0.5, 0.6) is 0 Å². The number of aryl methyl sites for hydroxylation is 2. The van der Waals surface area contributed by atoms with E-state index in [0.717, 1.165) is 39.1 Å². The van der Waals surface area contributed by atoms with E-state index in [0.29, 0.717) is 19.6 Å². The van der Waals surface area contributed by atoms with Gasteiger partial charge in [-0.3, -0.25) is 14.5 Å². The summed E-state index contributed by atoms with van der Waals surface area (Å²) in [6.07, 6.45) is 7.36. The number of rotatable bonds is 6. The molecule has 0 bridgehead atoms. The lowest BCUT2D eigenvalue weighted by molar-refractivity contribution is -0.113. The Hall–Kier alpha value is -4.02. The van der Waals surface area contributed by atoms with Gasteiger partial charge in [0.1, 0.15) is 0 Å². The lowest BCUT2D eigenvalue weighted by Gasteiger charge is -2.29. The van der Waals surface area contributed by atoms with E-state index in [4.69, 9.17) is 0 Å². The predicted molar refractivity (Wildman–Crippen MR) is 144 cm³/mol. The molecule has 0 spiro atoms. The largest absolute Gasteiger partial charge is 0.322 e. The molecule has 1 aliphatic rings. The molecular weight excluding hydrogens is 432 g/mol. The molecule has 1 saturated heterocycles. The number of hydrogen-bond donors (Lipinski definition) is 1. The molecule has 35 heavy (non-hydrogen) atoms. The molecule has 0 saturated carbocycles. The average Bonchev–Trinajstić information content (AvgIpc) is 2.85. The van der Waals surface area contributed by atoms with Crippen molar-refractivity contribution in [1.82, 2.24) is 4.90 Å². The first-order valence-electron chi connectivity index (χ1n) is 11.8. The number of carbonyl (C=O) groups excluding carboxylic acids is 2. The number of benzene rings is 3. The van der Waals surface area contributed by atoms with E-state index >= 15 is 0 Å². The lowest BCUT2D eigenvalue weighted by Crippen LogP contribution is -2.37. The van der Waals surface area contributed by atoms with E-state index in [1.165, 1.54) is 0 Å². The molecule has 176 valence electrons. The van der Waals surface area contributed by atoms with Crippen LogP contribution in [0, 0.1) is 13.8 Å². The van der Waals surface area contributed by atoms with Crippen LogP contribution in [-0.2, 0) is 9.59 Å². The molecule has 4 nitrogen and oxygen atoms in total. The Labute approximate surface area is 207 Å². The molecule has 4 rings (SSSR count). The first kappa shape index (κ1) is 24.1. The zero-order valence-electron chi connectivity index (χ0n) is 20.2. The third kappa shape index (κ3) is 6.52. The average molecular weight is 463 g/mol. The number of carbonyl (C=O) groups is 2. The molecule has 1 heterocycles. The van der Waals surface area contributed by atoms with E-state index < -0.39 is 0 Å². The third-order valence-electron chi connectivity index (χ3n) is 6.01. The fourth-order valence-electron chi connectivity index (χ4n) is 4.23. The summed E-state index contributed by atoms with van der Waals surface area (Å²) < 4.78 is 0. The summed E-state index contributed by atoms with van der Waals surface area (Å²) in [4.78, 5) is 28.0. The molecule has 3 aromatic rings. The predicted octanol–water partition coefficient (Wildman–Crippen LogP) is 5.85. The second-order valence-electron chi connectivity index (χ2n) is 8.82. The summed E-state index contributed by atoms with van der Waals surface area (Å²) in [6, 6.07) is 25.7. The second kappa shape index (κ2) is 11.4. The monoisotopic (exact) mass is 462 g/mol. The molecule has 1 aliphatic heterocycles. The molecule has 0 unspecified atom stereocenters. The van der Waals surface area contributed by atoms with Gasteiger partial charge in [-0.05, 0) is 48.3 Å². The number of para-hydroxylation sites is 1. The molecule has 1 N–H and O–H groups in total. The van der Waals surface area contributed by atoms with Crippen LogP contribution in [0.3, 0.4) is 0 Å². The highest BCUT2D eigenvalue weighted by atomic mass is 16.1. The molecule has 4 heteroatoms. The van der Waals surface area contributed by atoms with Crippen molar-refractivity contribution in [3.63, 3.8) is 0 Å². The van der Waals surface area contributed by atoms with Gasteiger partial charge in [-0.25, -0.2) is 0 Å². The van der Waals surface area contributed by atoms with Gasteiger partial charge in [0.05, 0.1) is 0 Å². The number of nitrogens with one attached hydrogen (secondary N) is 1. The molecule has 1 amide bonds. The minimum Gasteiger partial charge on any atom is -0.322 e. The lowest BCUT2D eigenvalue weighted by atomic mass is 9.94. The first-order valence-corrected chi connectivity index (χ1v) is 11.8. The van der Waals surface area contributed by atoms with Gasteiger partial charge >= 0.3 is 0 Å². The summed E-state index contributed by atoms with van der Waals surface area (Å²) in [5.41, 5.74) is 6.42. The molecule has 0 aromatic heterocycles. The number of piperidine rings is 1. The molecule has 3 aromatic carbocycles. The number of nitrogens with zero attached hydrogens (tertiary/aromatic N) is 1. The molecular formula is C31H30N2O2. The Morgan fingerprint density at radius 3 is 1.83 bits per heavy atom. The van der Waals surface area contributed by atoms with Crippen molar-refractivity contribution >= 4 is 29.5 Å².